The number of carbonyl (C=O) groups excluding carboxylic acids is 1. The quantitative estimate of drug-likeness (QED) is 0.780. The molecule has 2 aromatic rings. The number of ketones is 1. The highest BCUT2D eigenvalue weighted by Crippen LogP contribution is 2.25. The third kappa shape index (κ3) is 3.00. The fourth-order valence-electron chi connectivity index (χ4n) is 1.97. The summed E-state index contributed by atoms with van der Waals surface area (Å²) in [6.07, 6.45) is 0.881. The van der Waals surface area contributed by atoms with Crippen LogP contribution in [0.4, 0.5) is 0 Å². The smallest absolute Gasteiger partial charge is 0.170 e. The second-order valence-corrected chi connectivity index (χ2v) is 5.63. The van der Waals surface area contributed by atoms with Crippen molar-refractivity contribution in [1.82, 2.24) is 9.78 Å². The van der Waals surface area contributed by atoms with Gasteiger partial charge in [-0.3, -0.25) is 9.48 Å². The van der Waals surface area contributed by atoms with Gasteiger partial charge in [0.1, 0.15) is 0 Å². The number of benzene rings is 1. The van der Waals surface area contributed by atoms with Crippen molar-refractivity contribution < 1.29 is 4.79 Å². The molecule has 0 fully saturated rings. The van der Waals surface area contributed by atoms with Gasteiger partial charge in [0, 0.05) is 17.6 Å². The molecule has 0 amide bonds. The lowest BCUT2D eigenvalue weighted by atomic mass is 10.1. The Morgan fingerprint density at radius 1 is 1.30 bits per heavy atom. The first kappa shape index (κ1) is 15.4. The van der Waals surface area contributed by atoms with Crippen molar-refractivity contribution in [2.75, 3.05) is 0 Å². The van der Waals surface area contributed by atoms with E-state index in [1.165, 1.54) is 0 Å². The molecular weight excluding hydrogens is 319 g/mol. The molecule has 20 heavy (non-hydrogen) atoms. The molecule has 0 atom stereocenters. The highest BCUT2D eigenvalue weighted by Gasteiger charge is 2.18. The second kappa shape index (κ2) is 6.17. The maximum Gasteiger partial charge on any atom is 0.170 e. The van der Waals surface area contributed by atoms with E-state index < -0.39 is 0 Å². The molecule has 0 aliphatic carbocycles. The van der Waals surface area contributed by atoms with Crippen LogP contribution in [0.15, 0.2) is 18.2 Å². The van der Waals surface area contributed by atoms with E-state index in [4.69, 9.17) is 34.8 Å². The molecule has 0 aliphatic rings. The van der Waals surface area contributed by atoms with E-state index in [0.29, 0.717) is 26.3 Å². The summed E-state index contributed by atoms with van der Waals surface area (Å²) in [7, 11) is 1.77. The summed E-state index contributed by atoms with van der Waals surface area (Å²) in [5.74, 6) is -0.112. The van der Waals surface area contributed by atoms with E-state index >= 15 is 0 Å². The summed E-state index contributed by atoms with van der Waals surface area (Å²) in [6.45, 7) is 1.97. The summed E-state index contributed by atoms with van der Waals surface area (Å²) in [5, 5.41) is 5.68. The molecule has 2 rings (SSSR count). The number of hydrogen-bond donors (Lipinski definition) is 0. The summed E-state index contributed by atoms with van der Waals surface area (Å²) in [5.41, 5.74) is 1.92. The van der Waals surface area contributed by atoms with Gasteiger partial charge in [-0.25, -0.2) is 0 Å². The Labute approximate surface area is 132 Å². The molecule has 3 nitrogen and oxygen atoms in total. The van der Waals surface area contributed by atoms with Gasteiger partial charge >= 0.3 is 0 Å². The number of hydrogen-bond acceptors (Lipinski definition) is 2. The lowest BCUT2D eigenvalue weighted by molar-refractivity contribution is 0.0991. The minimum absolute atomic E-state index is 0.112. The predicted octanol–water partition coefficient (Wildman–Crippen LogP) is 4.37. The molecular formula is C14H13Cl3N2O. The van der Waals surface area contributed by atoms with Crippen molar-refractivity contribution in [1.29, 1.82) is 0 Å². The standard InChI is InChI=1S/C14H13Cl3N2O/c1-3-11-14(17)12(19(2)18-11)7-13(20)9-5-4-8(15)6-10(9)16/h4-6H,3,7H2,1-2H3. The van der Waals surface area contributed by atoms with E-state index in [2.05, 4.69) is 5.10 Å². The van der Waals surface area contributed by atoms with Gasteiger partial charge in [-0.1, -0.05) is 41.7 Å². The number of aryl methyl sites for hydroxylation is 2. The van der Waals surface area contributed by atoms with Crippen LogP contribution in [0, 0.1) is 0 Å². The number of nitrogens with zero attached hydrogens (tertiary/aromatic N) is 2. The topological polar surface area (TPSA) is 34.9 Å². The van der Waals surface area contributed by atoms with Crippen molar-refractivity contribution >= 4 is 40.6 Å². The van der Waals surface area contributed by atoms with E-state index in [-0.39, 0.29) is 12.2 Å². The van der Waals surface area contributed by atoms with Gasteiger partial charge in [0.15, 0.2) is 5.78 Å². The van der Waals surface area contributed by atoms with Gasteiger partial charge in [0.05, 0.1) is 27.9 Å². The van der Waals surface area contributed by atoms with Crippen LogP contribution in [-0.4, -0.2) is 15.6 Å². The number of rotatable bonds is 4. The van der Waals surface area contributed by atoms with Gasteiger partial charge in [-0.2, -0.15) is 5.10 Å². The Kier molecular flexibility index (Phi) is 4.74. The zero-order chi connectivity index (χ0) is 14.9. The monoisotopic (exact) mass is 330 g/mol. The maximum atomic E-state index is 12.3. The maximum absolute atomic E-state index is 12.3. The SMILES string of the molecule is CCc1nn(C)c(CC(=O)c2ccc(Cl)cc2Cl)c1Cl. The number of halogens is 3. The fraction of sp³-hybridized carbons (Fsp3) is 0.286. The molecule has 0 saturated carbocycles. The average Bonchev–Trinajstić information content (AvgIpc) is 2.66. The number of carbonyl (C=O) groups is 1. The summed E-state index contributed by atoms with van der Waals surface area (Å²) in [4.78, 5) is 12.3. The summed E-state index contributed by atoms with van der Waals surface area (Å²) >= 11 is 18.1. The molecule has 1 heterocycles. The number of aromatic nitrogens is 2. The Morgan fingerprint density at radius 3 is 2.55 bits per heavy atom. The predicted molar refractivity (Wildman–Crippen MR) is 82.1 cm³/mol. The van der Waals surface area contributed by atoms with Gasteiger partial charge in [-0.15, -0.1) is 0 Å². The van der Waals surface area contributed by atoms with Crippen molar-refractivity contribution in [3.05, 3.63) is 50.2 Å². The highest BCUT2D eigenvalue weighted by atomic mass is 35.5. The van der Waals surface area contributed by atoms with Crippen LogP contribution in [0.1, 0.15) is 28.7 Å². The molecule has 0 bridgehead atoms. The van der Waals surface area contributed by atoms with Gasteiger partial charge < -0.3 is 0 Å². The van der Waals surface area contributed by atoms with Crippen LogP contribution >= 0.6 is 34.8 Å². The van der Waals surface area contributed by atoms with Crippen LogP contribution in [0.3, 0.4) is 0 Å². The Morgan fingerprint density at radius 2 is 2.00 bits per heavy atom. The zero-order valence-corrected chi connectivity index (χ0v) is 13.4. The lowest BCUT2D eigenvalue weighted by Crippen LogP contribution is -2.08. The van der Waals surface area contributed by atoms with Gasteiger partial charge in [0.2, 0.25) is 0 Å². The fourth-order valence-corrected chi connectivity index (χ4v) is 2.85. The van der Waals surface area contributed by atoms with Crippen LogP contribution in [0.2, 0.25) is 15.1 Å². The first-order valence-electron chi connectivity index (χ1n) is 6.12. The molecule has 6 heteroatoms. The van der Waals surface area contributed by atoms with Gasteiger partial charge in [-0.05, 0) is 24.6 Å². The molecule has 0 unspecified atom stereocenters. The van der Waals surface area contributed by atoms with Gasteiger partial charge in [0.25, 0.3) is 0 Å². The summed E-state index contributed by atoms with van der Waals surface area (Å²) in [6, 6.07) is 4.82. The molecule has 0 aliphatic heterocycles. The Bertz CT molecular complexity index is 665. The third-order valence-corrected chi connectivity index (χ3v) is 4.05. The molecule has 1 aromatic carbocycles. The van der Waals surface area contributed by atoms with Crippen LogP contribution < -0.4 is 0 Å². The molecule has 0 saturated heterocycles. The minimum atomic E-state index is -0.112. The molecule has 106 valence electrons. The van der Waals surface area contributed by atoms with Crippen LogP contribution in [0.5, 0.6) is 0 Å². The normalized spacial score (nSPS) is 10.8. The molecule has 0 spiro atoms. The second-order valence-electron chi connectivity index (χ2n) is 4.41. The highest BCUT2D eigenvalue weighted by molar-refractivity contribution is 6.37. The average molecular weight is 332 g/mol. The largest absolute Gasteiger partial charge is 0.294 e. The lowest BCUT2D eigenvalue weighted by Gasteiger charge is -2.05. The molecule has 0 radical (unpaired) electrons. The van der Waals surface area contributed by atoms with E-state index in [0.717, 1.165) is 12.1 Å². The Balaban J connectivity index is 2.30. The first-order valence-corrected chi connectivity index (χ1v) is 7.26. The van der Waals surface area contributed by atoms with E-state index in [1.54, 1.807) is 29.9 Å². The number of Topliss-reactive ketones (excluding diaryl/α,β-unsaturated/α-hetero) is 1. The van der Waals surface area contributed by atoms with Crippen LogP contribution in [-0.2, 0) is 19.9 Å². The third-order valence-electron chi connectivity index (χ3n) is 3.06. The molecule has 1 aromatic heterocycles. The van der Waals surface area contributed by atoms with Crippen molar-refractivity contribution in [2.45, 2.75) is 19.8 Å². The Hall–Kier alpha value is -1.03. The van der Waals surface area contributed by atoms with Crippen LogP contribution in [0.25, 0.3) is 0 Å². The summed E-state index contributed by atoms with van der Waals surface area (Å²) < 4.78 is 1.64. The van der Waals surface area contributed by atoms with Crippen molar-refractivity contribution in [3.63, 3.8) is 0 Å². The molecule has 0 N–H and O–H groups in total. The van der Waals surface area contributed by atoms with Crippen molar-refractivity contribution in [3.8, 4) is 0 Å². The first-order chi connectivity index (χ1) is 9.43. The zero-order valence-electron chi connectivity index (χ0n) is 11.1. The van der Waals surface area contributed by atoms with Crippen molar-refractivity contribution in [2.24, 2.45) is 7.05 Å². The van der Waals surface area contributed by atoms with E-state index in [1.807, 2.05) is 6.92 Å². The van der Waals surface area contributed by atoms with E-state index in [9.17, 15) is 4.79 Å². The minimum Gasteiger partial charge on any atom is -0.294 e.